The van der Waals surface area contributed by atoms with Crippen LogP contribution in [0, 0.1) is 5.92 Å². The topological polar surface area (TPSA) is 38.8 Å². The molecule has 2 unspecified atom stereocenters. The molecule has 0 N–H and O–H groups in total. The van der Waals surface area contributed by atoms with Gasteiger partial charge >= 0.3 is 5.97 Å². The molecule has 1 rings (SSSR count). The van der Waals surface area contributed by atoms with E-state index in [1.54, 1.807) is 0 Å². The Bertz CT molecular complexity index is 239. The summed E-state index contributed by atoms with van der Waals surface area (Å²) in [5.74, 6) is 0.445. The van der Waals surface area contributed by atoms with E-state index < -0.39 is 0 Å². The van der Waals surface area contributed by atoms with Gasteiger partial charge in [0, 0.05) is 13.2 Å². The highest BCUT2D eigenvalue weighted by molar-refractivity contribution is 5.75. The van der Waals surface area contributed by atoms with Crippen molar-refractivity contribution < 1.29 is 14.3 Å². The van der Waals surface area contributed by atoms with Crippen LogP contribution in [0.25, 0.3) is 0 Å². The van der Waals surface area contributed by atoms with Gasteiger partial charge in [-0.1, -0.05) is 19.8 Å². The summed E-state index contributed by atoms with van der Waals surface area (Å²) in [4.78, 5) is 13.9. The highest BCUT2D eigenvalue weighted by Gasteiger charge is 2.26. The fourth-order valence-electron chi connectivity index (χ4n) is 2.54. The fraction of sp³-hybridized carbons (Fsp3) is 0.929. The molecule has 106 valence electrons. The van der Waals surface area contributed by atoms with Crippen molar-refractivity contribution in [3.8, 4) is 0 Å². The Morgan fingerprint density at radius 2 is 2.33 bits per heavy atom. The molecule has 0 amide bonds. The second kappa shape index (κ2) is 8.48. The number of unbranched alkanes of at least 4 members (excludes halogenated alkanes) is 1. The summed E-state index contributed by atoms with van der Waals surface area (Å²) in [6, 6.07) is -0.100. The highest BCUT2D eigenvalue weighted by Crippen LogP contribution is 2.17. The average molecular weight is 257 g/mol. The van der Waals surface area contributed by atoms with Crippen LogP contribution in [-0.4, -0.2) is 50.8 Å². The smallest absolute Gasteiger partial charge is 0.323 e. The molecule has 4 nitrogen and oxygen atoms in total. The van der Waals surface area contributed by atoms with Gasteiger partial charge < -0.3 is 9.47 Å². The Morgan fingerprint density at radius 3 is 2.89 bits per heavy atom. The number of esters is 1. The quantitative estimate of drug-likeness (QED) is 0.655. The Hall–Kier alpha value is -0.610. The van der Waals surface area contributed by atoms with E-state index in [-0.39, 0.29) is 12.0 Å². The van der Waals surface area contributed by atoms with Crippen LogP contribution >= 0.6 is 0 Å². The molecule has 0 aromatic rings. The first-order valence-corrected chi connectivity index (χ1v) is 7.04. The molecule has 18 heavy (non-hydrogen) atoms. The molecule has 0 aromatic carbocycles. The van der Waals surface area contributed by atoms with Crippen molar-refractivity contribution >= 4 is 5.97 Å². The van der Waals surface area contributed by atoms with Crippen LogP contribution in [0.1, 0.15) is 39.0 Å². The molecule has 1 aliphatic rings. The zero-order valence-corrected chi connectivity index (χ0v) is 12.0. The van der Waals surface area contributed by atoms with Gasteiger partial charge in [0.25, 0.3) is 0 Å². The minimum atomic E-state index is -0.109. The summed E-state index contributed by atoms with van der Waals surface area (Å²) in [6.45, 7) is 4.77. The Balaban J connectivity index is 2.46. The van der Waals surface area contributed by atoms with Crippen LogP contribution in [0.3, 0.4) is 0 Å². The molecule has 0 bridgehead atoms. The predicted octanol–water partition coefficient (Wildman–Crippen LogP) is 2.08. The number of likely N-dealkylation sites (N-methyl/N-ethyl adjacent to an activating group) is 1. The number of nitrogens with zero attached hydrogens (tertiary/aromatic N) is 1. The van der Waals surface area contributed by atoms with Crippen molar-refractivity contribution in [1.29, 1.82) is 0 Å². The van der Waals surface area contributed by atoms with E-state index in [0.29, 0.717) is 5.92 Å². The Kier molecular flexibility index (Phi) is 7.28. The molecular formula is C14H27NO3. The maximum atomic E-state index is 11.8. The van der Waals surface area contributed by atoms with Crippen molar-refractivity contribution in [2.45, 2.75) is 45.1 Å². The molecule has 4 heteroatoms. The monoisotopic (exact) mass is 257 g/mol. The van der Waals surface area contributed by atoms with Crippen molar-refractivity contribution in [1.82, 2.24) is 4.90 Å². The molecule has 0 saturated carbocycles. The number of hydrogen-bond acceptors (Lipinski definition) is 4. The zero-order chi connectivity index (χ0) is 13.4. The number of ether oxygens (including phenoxy) is 2. The van der Waals surface area contributed by atoms with Gasteiger partial charge in [0.1, 0.15) is 6.04 Å². The summed E-state index contributed by atoms with van der Waals surface area (Å²) in [6.07, 6.45) is 5.38. The van der Waals surface area contributed by atoms with Gasteiger partial charge in [0.2, 0.25) is 0 Å². The number of carbonyl (C=O) groups excluding carboxylic acids is 1. The first kappa shape index (κ1) is 15.4. The number of hydrogen-bond donors (Lipinski definition) is 0. The molecule has 1 aliphatic heterocycles. The van der Waals surface area contributed by atoms with Gasteiger partial charge in [0.05, 0.1) is 13.7 Å². The van der Waals surface area contributed by atoms with Gasteiger partial charge in [-0.05, 0) is 32.2 Å². The maximum absolute atomic E-state index is 11.8. The zero-order valence-electron chi connectivity index (χ0n) is 12.0. The first-order valence-electron chi connectivity index (χ1n) is 7.04. The molecule has 1 heterocycles. The largest absolute Gasteiger partial charge is 0.468 e. The molecule has 0 radical (unpaired) electrons. The molecule has 0 aromatic heterocycles. The number of methoxy groups -OCH3 is 1. The summed E-state index contributed by atoms with van der Waals surface area (Å²) < 4.78 is 10.4. The van der Waals surface area contributed by atoms with Gasteiger partial charge in [-0.2, -0.15) is 0 Å². The lowest BCUT2D eigenvalue weighted by Gasteiger charge is -2.31. The fourth-order valence-corrected chi connectivity index (χ4v) is 2.54. The van der Waals surface area contributed by atoms with Gasteiger partial charge in [0.15, 0.2) is 0 Å². The van der Waals surface area contributed by atoms with E-state index >= 15 is 0 Å². The van der Waals surface area contributed by atoms with Gasteiger partial charge in [-0.25, -0.2) is 0 Å². The van der Waals surface area contributed by atoms with Crippen molar-refractivity contribution in [3.63, 3.8) is 0 Å². The van der Waals surface area contributed by atoms with E-state index in [1.165, 1.54) is 13.5 Å². The van der Waals surface area contributed by atoms with Crippen LogP contribution < -0.4 is 0 Å². The van der Waals surface area contributed by atoms with Crippen LogP contribution in [0.2, 0.25) is 0 Å². The Labute approximate surface area is 111 Å². The minimum absolute atomic E-state index is 0.100. The predicted molar refractivity (Wildman–Crippen MR) is 71.5 cm³/mol. The van der Waals surface area contributed by atoms with E-state index in [1.807, 2.05) is 7.05 Å². The summed E-state index contributed by atoms with van der Waals surface area (Å²) in [7, 11) is 3.49. The molecule has 1 saturated heterocycles. The standard InChI is InChI=1S/C14H27NO3/c1-4-5-8-13(14(16)17-3)15(2)10-12-7-6-9-18-11-12/h12-13H,4-11H2,1-3H3. The maximum Gasteiger partial charge on any atom is 0.323 e. The summed E-state index contributed by atoms with van der Waals surface area (Å²) >= 11 is 0. The normalized spacial score (nSPS) is 21.9. The molecule has 1 fully saturated rings. The van der Waals surface area contributed by atoms with E-state index in [9.17, 15) is 4.79 Å². The molecule has 0 aliphatic carbocycles. The lowest BCUT2D eigenvalue weighted by Crippen LogP contribution is -2.43. The van der Waals surface area contributed by atoms with Crippen LogP contribution in [0.15, 0.2) is 0 Å². The second-order valence-corrected chi connectivity index (χ2v) is 5.20. The number of rotatable bonds is 7. The lowest BCUT2D eigenvalue weighted by atomic mass is 10.00. The second-order valence-electron chi connectivity index (χ2n) is 5.20. The third-order valence-corrected chi connectivity index (χ3v) is 3.64. The third kappa shape index (κ3) is 4.94. The molecular weight excluding hydrogens is 230 g/mol. The van der Waals surface area contributed by atoms with Crippen molar-refractivity contribution in [3.05, 3.63) is 0 Å². The molecule has 2 atom stereocenters. The van der Waals surface area contributed by atoms with E-state index in [4.69, 9.17) is 9.47 Å². The molecule has 0 spiro atoms. The van der Waals surface area contributed by atoms with Crippen LogP contribution in [0.5, 0.6) is 0 Å². The van der Waals surface area contributed by atoms with E-state index in [0.717, 1.165) is 45.4 Å². The number of carbonyl (C=O) groups is 1. The van der Waals surface area contributed by atoms with E-state index in [2.05, 4.69) is 11.8 Å². The average Bonchev–Trinajstić information content (AvgIpc) is 2.40. The van der Waals surface area contributed by atoms with Gasteiger partial charge in [-0.3, -0.25) is 9.69 Å². The summed E-state index contributed by atoms with van der Waals surface area (Å²) in [5.41, 5.74) is 0. The minimum Gasteiger partial charge on any atom is -0.468 e. The third-order valence-electron chi connectivity index (χ3n) is 3.64. The summed E-state index contributed by atoms with van der Waals surface area (Å²) in [5, 5.41) is 0. The van der Waals surface area contributed by atoms with Gasteiger partial charge in [-0.15, -0.1) is 0 Å². The van der Waals surface area contributed by atoms with Crippen LogP contribution in [-0.2, 0) is 14.3 Å². The highest BCUT2D eigenvalue weighted by atomic mass is 16.5. The Morgan fingerprint density at radius 1 is 1.56 bits per heavy atom. The SMILES string of the molecule is CCCCC(C(=O)OC)N(C)CC1CCCOC1. The first-order chi connectivity index (χ1) is 8.69. The van der Waals surface area contributed by atoms with Crippen molar-refractivity contribution in [2.75, 3.05) is 33.9 Å². The lowest BCUT2D eigenvalue weighted by molar-refractivity contribution is -0.147. The van der Waals surface area contributed by atoms with Crippen molar-refractivity contribution in [2.24, 2.45) is 5.92 Å². The van der Waals surface area contributed by atoms with Crippen LogP contribution in [0.4, 0.5) is 0 Å².